The van der Waals surface area contributed by atoms with Crippen LogP contribution in [0, 0.1) is 0 Å². The molecule has 0 amide bonds. The summed E-state index contributed by atoms with van der Waals surface area (Å²) < 4.78 is 1.68. The summed E-state index contributed by atoms with van der Waals surface area (Å²) in [5, 5.41) is 20.8. The van der Waals surface area contributed by atoms with E-state index in [-0.39, 0.29) is 0 Å². The minimum Gasteiger partial charge on any atom is -0.423 e. The van der Waals surface area contributed by atoms with Gasteiger partial charge in [-0.15, -0.1) is 11.3 Å². The maximum absolute atomic E-state index is 9.08. The number of halogens is 1. The number of benzene rings is 1. The minimum atomic E-state index is -1.48. The van der Waals surface area contributed by atoms with Crippen LogP contribution in [0.25, 0.3) is 10.1 Å². The molecule has 0 unspecified atom stereocenters. The Labute approximate surface area is 93.4 Å². The molecule has 0 aliphatic heterocycles. The highest BCUT2D eigenvalue weighted by Gasteiger charge is 2.18. The van der Waals surface area contributed by atoms with Crippen LogP contribution in [0.4, 0.5) is 5.69 Å². The molecule has 2 aromatic rings. The molecule has 0 aliphatic rings. The van der Waals surface area contributed by atoms with Gasteiger partial charge >= 0.3 is 7.12 Å². The average molecular weight is 272 g/mol. The van der Waals surface area contributed by atoms with Gasteiger partial charge < -0.3 is 15.8 Å². The SMILES string of the molecule is Nc1csc2ccc(B(O)O)c(Br)c12. The quantitative estimate of drug-likeness (QED) is 0.676. The Morgan fingerprint density at radius 3 is 2.71 bits per heavy atom. The fourth-order valence-electron chi connectivity index (χ4n) is 1.33. The van der Waals surface area contributed by atoms with E-state index < -0.39 is 7.12 Å². The first-order chi connectivity index (χ1) is 6.61. The van der Waals surface area contributed by atoms with Crippen LogP contribution >= 0.6 is 27.3 Å². The van der Waals surface area contributed by atoms with Crippen molar-refractivity contribution in [1.82, 2.24) is 0 Å². The molecule has 0 fully saturated rings. The van der Waals surface area contributed by atoms with Crippen molar-refractivity contribution in [3.63, 3.8) is 0 Å². The number of nitrogens with two attached hydrogens (primary N) is 1. The molecule has 2 rings (SSSR count). The fraction of sp³-hybridized carbons (Fsp3) is 0. The Balaban J connectivity index is 2.79. The van der Waals surface area contributed by atoms with Crippen LogP contribution in [0.15, 0.2) is 22.0 Å². The van der Waals surface area contributed by atoms with Gasteiger partial charge in [-0.05, 0) is 11.5 Å². The summed E-state index contributed by atoms with van der Waals surface area (Å²) in [4.78, 5) is 0. The van der Waals surface area contributed by atoms with Gasteiger partial charge in [0.15, 0.2) is 0 Å². The molecule has 0 radical (unpaired) electrons. The van der Waals surface area contributed by atoms with Crippen molar-refractivity contribution < 1.29 is 10.0 Å². The predicted octanol–water partition coefficient (Wildman–Crippen LogP) is 0.926. The van der Waals surface area contributed by atoms with Gasteiger partial charge in [-0.3, -0.25) is 0 Å². The molecular weight excluding hydrogens is 265 g/mol. The van der Waals surface area contributed by atoms with E-state index >= 15 is 0 Å². The molecule has 0 atom stereocenters. The number of fused-ring (bicyclic) bond motifs is 1. The molecule has 0 saturated carbocycles. The molecular formula is C8H7BBrNO2S. The maximum atomic E-state index is 9.08. The maximum Gasteiger partial charge on any atom is 0.489 e. The predicted molar refractivity (Wildman–Crippen MR) is 63.8 cm³/mol. The van der Waals surface area contributed by atoms with Gasteiger partial charge in [0.2, 0.25) is 0 Å². The lowest BCUT2D eigenvalue weighted by Crippen LogP contribution is -2.30. The molecule has 4 N–H and O–H groups in total. The number of thiophene rings is 1. The monoisotopic (exact) mass is 271 g/mol. The Morgan fingerprint density at radius 2 is 2.07 bits per heavy atom. The molecule has 1 aromatic heterocycles. The summed E-state index contributed by atoms with van der Waals surface area (Å²) in [6.45, 7) is 0. The van der Waals surface area contributed by atoms with Crippen LogP contribution in [0.2, 0.25) is 0 Å². The van der Waals surface area contributed by atoms with E-state index in [0.29, 0.717) is 15.6 Å². The second-order valence-electron chi connectivity index (χ2n) is 2.91. The van der Waals surface area contributed by atoms with Crippen LogP contribution in [-0.2, 0) is 0 Å². The first-order valence-electron chi connectivity index (χ1n) is 3.92. The Bertz CT molecular complexity index is 485. The summed E-state index contributed by atoms with van der Waals surface area (Å²) in [6, 6.07) is 3.50. The van der Waals surface area contributed by atoms with Gasteiger partial charge in [-0.1, -0.05) is 22.0 Å². The van der Waals surface area contributed by atoms with Crippen molar-refractivity contribution in [3.05, 3.63) is 22.0 Å². The molecule has 3 nitrogen and oxygen atoms in total. The van der Waals surface area contributed by atoms with Crippen molar-refractivity contribution in [2.45, 2.75) is 0 Å². The van der Waals surface area contributed by atoms with Crippen LogP contribution in [0.3, 0.4) is 0 Å². The second kappa shape index (κ2) is 3.54. The number of hydrogen-bond donors (Lipinski definition) is 3. The largest absolute Gasteiger partial charge is 0.489 e. The number of rotatable bonds is 1. The lowest BCUT2D eigenvalue weighted by atomic mass is 9.80. The highest BCUT2D eigenvalue weighted by molar-refractivity contribution is 9.10. The average Bonchev–Trinajstić information content (AvgIpc) is 2.48. The first-order valence-corrected chi connectivity index (χ1v) is 5.59. The van der Waals surface area contributed by atoms with Crippen molar-refractivity contribution in [2.24, 2.45) is 0 Å². The third-order valence-electron chi connectivity index (χ3n) is 2.01. The highest BCUT2D eigenvalue weighted by Crippen LogP contribution is 2.32. The summed E-state index contributed by atoms with van der Waals surface area (Å²) in [7, 11) is -1.48. The summed E-state index contributed by atoms with van der Waals surface area (Å²) in [5.41, 5.74) is 6.85. The van der Waals surface area contributed by atoms with Crippen molar-refractivity contribution in [2.75, 3.05) is 5.73 Å². The lowest BCUT2D eigenvalue weighted by Gasteiger charge is -2.04. The van der Waals surface area contributed by atoms with Crippen molar-refractivity contribution in [3.8, 4) is 0 Å². The zero-order valence-electron chi connectivity index (χ0n) is 7.07. The van der Waals surface area contributed by atoms with Crippen LogP contribution < -0.4 is 11.2 Å². The molecule has 14 heavy (non-hydrogen) atoms. The Hall–Kier alpha value is -0.555. The van der Waals surface area contributed by atoms with Gasteiger partial charge in [0.05, 0.1) is 5.69 Å². The van der Waals surface area contributed by atoms with Crippen molar-refractivity contribution in [1.29, 1.82) is 0 Å². The summed E-state index contributed by atoms with van der Waals surface area (Å²) in [5.74, 6) is 0. The Kier molecular flexibility index (Phi) is 2.53. The standard InChI is InChI=1S/C8H7BBrNO2S/c10-8-4(9(12)13)1-2-6-7(8)5(11)3-14-6/h1-3,12-13H,11H2. The van der Waals surface area contributed by atoms with Crippen LogP contribution in [-0.4, -0.2) is 17.2 Å². The molecule has 1 heterocycles. The molecule has 0 bridgehead atoms. The van der Waals surface area contributed by atoms with Gasteiger partial charge in [-0.2, -0.15) is 0 Å². The molecule has 72 valence electrons. The lowest BCUT2D eigenvalue weighted by molar-refractivity contribution is 0.425. The number of hydrogen-bond acceptors (Lipinski definition) is 4. The van der Waals surface area contributed by atoms with Crippen molar-refractivity contribution >= 4 is 55.6 Å². The topological polar surface area (TPSA) is 66.5 Å². The van der Waals surface area contributed by atoms with E-state index in [4.69, 9.17) is 15.8 Å². The third kappa shape index (κ3) is 1.44. The van der Waals surface area contributed by atoms with E-state index in [0.717, 1.165) is 10.1 Å². The van der Waals surface area contributed by atoms with Gasteiger partial charge in [0.25, 0.3) is 0 Å². The molecule has 1 aromatic carbocycles. The van der Waals surface area contributed by atoms with E-state index in [1.54, 1.807) is 6.07 Å². The van der Waals surface area contributed by atoms with Crippen LogP contribution in [0.1, 0.15) is 0 Å². The third-order valence-corrected chi connectivity index (χ3v) is 3.83. The number of anilines is 1. The summed E-state index contributed by atoms with van der Waals surface area (Å²) >= 11 is 4.85. The van der Waals surface area contributed by atoms with Gasteiger partial charge in [0.1, 0.15) is 0 Å². The van der Waals surface area contributed by atoms with Crippen LogP contribution in [0.5, 0.6) is 0 Å². The second-order valence-corrected chi connectivity index (χ2v) is 4.61. The highest BCUT2D eigenvalue weighted by atomic mass is 79.9. The normalized spacial score (nSPS) is 10.8. The number of nitrogen functional groups attached to an aromatic ring is 1. The minimum absolute atomic E-state index is 0.433. The first kappa shape index (κ1) is 9.98. The summed E-state index contributed by atoms with van der Waals surface area (Å²) in [6.07, 6.45) is 0. The smallest absolute Gasteiger partial charge is 0.423 e. The molecule has 6 heteroatoms. The molecule has 0 spiro atoms. The van der Waals surface area contributed by atoms with E-state index in [1.807, 2.05) is 11.4 Å². The van der Waals surface area contributed by atoms with Gasteiger partial charge in [-0.25, -0.2) is 0 Å². The van der Waals surface area contributed by atoms with E-state index in [2.05, 4.69) is 15.9 Å². The zero-order valence-corrected chi connectivity index (χ0v) is 9.47. The van der Waals surface area contributed by atoms with E-state index in [1.165, 1.54) is 11.3 Å². The molecule has 0 saturated heterocycles. The zero-order chi connectivity index (χ0) is 10.3. The Morgan fingerprint density at radius 1 is 1.36 bits per heavy atom. The van der Waals surface area contributed by atoms with E-state index in [9.17, 15) is 0 Å². The fourth-order valence-corrected chi connectivity index (χ4v) is 3.09. The molecule has 0 aliphatic carbocycles. The van der Waals surface area contributed by atoms with Gasteiger partial charge in [0, 0.05) is 19.9 Å².